The second-order valence-corrected chi connectivity index (χ2v) is 5.09. The van der Waals surface area contributed by atoms with E-state index in [2.05, 4.69) is 10.1 Å². The van der Waals surface area contributed by atoms with Gasteiger partial charge in [-0.15, -0.1) is 13.2 Å². The van der Waals surface area contributed by atoms with E-state index in [-0.39, 0.29) is 17.4 Å². The van der Waals surface area contributed by atoms with E-state index in [1.54, 1.807) is 6.92 Å². The van der Waals surface area contributed by atoms with Gasteiger partial charge in [-0.3, -0.25) is 4.79 Å². The van der Waals surface area contributed by atoms with Crippen LogP contribution in [0.4, 0.5) is 18.9 Å². The van der Waals surface area contributed by atoms with E-state index in [1.165, 1.54) is 12.1 Å². The average Bonchev–Trinajstić information content (AvgIpc) is 3.10. The molecule has 110 valence electrons. The van der Waals surface area contributed by atoms with E-state index in [9.17, 15) is 18.0 Å². The van der Waals surface area contributed by atoms with Gasteiger partial charge in [-0.25, -0.2) is 0 Å². The van der Waals surface area contributed by atoms with Gasteiger partial charge < -0.3 is 15.8 Å². The van der Waals surface area contributed by atoms with Crippen LogP contribution in [-0.4, -0.2) is 17.8 Å². The van der Waals surface area contributed by atoms with Gasteiger partial charge in [0.15, 0.2) is 0 Å². The Balaban J connectivity index is 2.06. The third kappa shape index (κ3) is 3.63. The molecule has 1 amide bonds. The Morgan fingerprint density at radius 3 is 2.60 bits per heavy atom. The topological polar surface area (TPSA) is 64.4 Å². The largest absolute Gasteiger partial charge is 0.573 e. The molecule has 0 aromatic heterocycles. The normalized spacial score (nSPS) is 18.2. The first-order chi connectivity index (χ1) is 9.18. The summed E-state index contributed by atoms with van der Waals surface area (Å²) < 4.78 is 40.1. The summed E-state index contributed by atoms with van der Waals surface area (Å²) in [7, 11) is 0. The second-order valence-electron chi connectivity index (χ2n) is 5.09. The molecule has 1 fully saturated rings. The molecule has 1 aromatic rings. The summed E-state index contributed by atoms with van der Waals surface area (Å²) in [5.74, 6) is -0.679. The highest BCUT2D eigenvalue weighted by molar-refractivity contribution is 5.98. The van der Waals surface area contributed by atoms with Gasteiger partial charge in [-0.05, 0) is 37.8 Å². The molecule has 0 saturated heterocycles. The van der Waals surface area contributed by atoms with Gasteiger partial charge in [0.25, 0.3) is 0 Å². The Morgan fingerprint density at radius 1 is 1.40 bits per heavy atom. The van der Waals surface area contributed by atoms with Crippen LogP contribution in [0.2, 0.25) is 0 Å². The third-order valence-corrected chi connectivity index (χ3v) is 3.24. The quantitative estimate of drug-likeness (QED) is 0.895. The molecule has 7 heteroatoms. The molecule has 1 aliphatic carbocycles. The number of ether oxygens (including phenoxy) is 1. The Kier molecular flexibility index (Phi) is 3.64. The van der Waals surface area contributed by atoms with Crippen molar-refractivity contribution in [3.63, 3.8) is 0 Å². The van der Waals surface area contributed by atoms with Gasteiger partial charge in [-0.1, -0.05) is 6.07 Å². The first kappa shape index (κ1) is 14.6. The molecule has 1 aromatic carbocycles. The van der Waals surface area contributed by atoms with Crippen molar-refractivity contribution in [2.24, 2.45) is 11.7 Å². The lowest BCUT2D eigenvalue weighted by Gasteiger charge is -2.23. The van der Waals surface area contributed by atoms with Crippen molar-refractivity contribution in [1.82, 2.24) is 0 Å². The van der Waals surface area contributed by atoms with Crippen LogP contribution in [0.3, 0.4) is 0 Å². The lowest BCUT2D eigenvalue weighted by molar-refractivity contribution is -0.274. The second kappa shape index (κ2) is 4.97. The number of benzene rings is 1. The maximum atomic E-state index is 12.1. The highest BCUT2D eigenvalue weighted by Crippen LogP contribution is 2.38. The molecule has 0 radical (unpaired) electrons. The molecule has 0 aliphatic heterocycles. The van der Waals surface area contributed by atoms with E-state index in [0.29, 0.717) is 0 Å². The fraction of sp³-hybridized carbons (Fsp3) is 0.462. The molecule has 0 spiro atoms. The highest BCUT2D eigenvalue weighted by atomic mass is 19.4. The molecule has 1 aliphatic rings. The molecular weight excluding hydrogens is 273 g/mol. The predicted octanol–water partition coefficient (Wildman–Crippen LogP) is 2.65. The minimum absolute atomic E-state index is 0.122. The number of carbonyl (C=O) groups is 1. The Bertz CT molecular complexity index is 511. The van der Waals surface area contributed by atoms with Crippen molar-refractivity contribution in [3.05, 3.63) is 24.3 Å². The van der Waals surface area contributed by atoms with Crippen LogP contribution in [0, 0.1) is 5.92 Å². The molecule has 0 bridgehead atoms. The number of nitrogens with one attached hydrogen (secondary N) is 1. The fourth-order valence-electron chi connectivity index (χ4n) is 1.91. The van der Waals surface area contributed by atoms with Gasteiger partial charge in [0.2, 0.25) is 5.91 Å². The van der Waals surface area contributed by atoms with Gasteiger partial charge in [0.1, 0.15) is 5.75 Å². The summed E-state index contributed by atoms with van der Waals surface area (Å²) in [6.45, 7) is 1.62. The van der Waals surface area contributed by atoms with Crippen molar-refractivity contribution >= 4 is 11.6 Å². The summed E-state index contributed by atoms with van der Waals surface area (Å²) >= 11 is 0. The van der Waals surface area contributed by atoms with Crippen molar-refractivity contribution in [3.8, 4) is 5.75 Å². The molecule has 0 heterocycles. The number of rotatable bonds is 4. The molecule has 1 unspecified atom stereocenters. The molecule has 3 N–H and O–H groups in total. The summed E-state index contributed by atoms with van der Waals surface area (Å²) in [4.78, 5) is 12.0. The van der Waals surface area contributed by atoms with Gasteiger partial charge in [0.05, 0.1) is 5.54 Å². The summed E-state index contributed by atoms with van der Waals surface area (Å²) in [5, 5.41) is 2.52. The molecule has 20 heavy (non-hydrogen) atoms. The average molecular weight is 288 g/mol. The monoisotopic (exact) mass is 288 g/mol. The van der Waals surface area contributed by atoms with Crippen LogP contribution in [0.1, 0.15) is 19.8 Å². The SMILES string of the molecule is CC(N)(C(=O)Nc1cccc(OC(F)(F)F)c1)C1CC1. The smallest absolute Gasteiger partial charge is 0.406 e. The van der Waals surface area contributed by atoms with E-state index in [1.807, 2.05) is 0 Å². The van der Waals surface area contributed by atoms with Gasteiger partial charge in [-0.2, -0.15) is 0 Å². The van der Waals surface area contributed by atoms with Crippen LogP contribution in [-0.2, 0) is 4.79 Å². The van der Waals surface area contributed by atoms with Gasteiger partial charge in [0, 0.05) is 11.8 Å². The zero-order valence-corrected chi connectivity index (χ0v) is 10.8. The van der Waals surface area contributed by atoms with Crippen molar-refractivity contribution < 1.29 is 22.7 Å². The number of hydrogen-bond acceptors (Lipinski definition) is 3. The molecule has 1 saturated carbocycles. The first-order valence-electron chi connectivity index (χ1n) is 6.14. The molecule has 1 atom stereocenters. The van der Waals surface area contributed by atoms with E-state index in [4.69, 9.17) is 5.73 Å². The number of halogens is 3. The number of alkyl halides is 3. The Morgan fingerprint density at radius 2 is 2.05 bits per heavy atom. The summed E-state index contributed by atoms with van der Waals surface area (Å²) in [5.41, 5.74) is 5.13. The minimum atomic E-state index is -4.76. The van der Waals surface area contributed by atoms with E-state index in [0.717, 1.165) is 25.0 Å². The number of amides is 1. The third-order valence-electron chi connectivity index (χ3n) is 3.24. The highest BCUT2D eigenvalue weighted by Gasteiger charge is 2.44. The zero-order chi connectivity index (χ0) is 15.0. The van der Waals surface area contributed by atoms with Crippen molar-refractivity contribution in [2.45, 2.75) is 31.7 Å². The summed E-state index contributed by atoms with van der Waals surface area (Å²) in [6.07, 6.45) is -2.99. The van der Waals surface area contributed by atoms with Crippen molar-refractivity contribution in [1.29, 1.82) is 0 Å². The molecule has 2 rings (SSSR count). The number of hydrogen-bond donors (Lipinski definition) is 2. The van der Waals surface area contributed by atoms with Crippen LogP contribution in [0.5, 0.6) is 5.75 Å². The maximum Gasteiger partial charge on any atom is 0.573 e. The lowest BCUT2D eigenvalue weighted by atomic mass is 9.96. The number of carbonyl (C=O) groups excluding carboxylic acids is 1. The van der Waals surface area contributed by atoms with Crippen LogP contribution in [0.25, 0.3) is 0 Å². The van der Waals surface area contributed by atoms with Crippen molar-refractivity contribution in [2.75, 3.05) is 5.32 Å². The first-order valence-corrected chi connectivity index (χ1v) is 6.14. The van der Waals surface area contributed by atoms with Gasteiger partial charge >= 0.3 is 6.36 Å². The van der Waals surface area contributed by atoms with Crippen LogP contribution in [0.15, 0.2) is 24.3 Å². The standard InChI is InChI=1S/C13H15F3N2O2/c1-12(17,8-5-6-8)11(19)18-9-3-2-4-10(7-9)20-13(14,15)16/h2-4,7-8H,5-6,17H2,1H3,(H,18,19). The predicted molar refractivity (Wildman–Crippen MR) is 67.1 cm³/mol. The summed E-state index contributed by atoms with van der Waals surface area (Å²) in [6, 6.07) is 5.10. The van der Waals surface area contributed by atoms with Crippen LogP contribution < -0.4 is 15.8 Å². The molecular formula is C13H15F3N2O2. The molecule has 4 nitrogen and oxygen atoms in total. The van der Waals surface area contributed by atoms with E-state index < -0.39 is 17.8 Å². The Labute approximate surface area is 114 Å². The maximum absolute atomic E-state index is 12.1. The number of anilines is 1. The minimum Gasteiger partial charge on any atom is -0.406 e. The zero-order valence-electron chi connectivity index (χ0n) is 10.8. The van der Waals surface area contributed by atoms with E-state index >= 15 is 0 Å². The number of nitrogens with two attached hydrogens (primary N) is 1. The lowest BCUT2D eigenvalue weighted by Crippen LogP contribution is -2.50. The fourth-order valence-corrected chi connectivity index (χ4v) is 1.91. The Hall–Kier alpha value is -1.76. The van der Waals surface area contributed by atoms with Crippen LogP contribution >= 0.6 is 0 Å².